The summed E-state index contributed by atoms with van der Waals surface area (Å²) in [4.78, 5) is 4.18. The minimum atomic E-state index is 0. The highest BCUT2D eigenvalue weighted by Crippen LogP contribution is 2.23. The second-order valence-electron chi connectivity index (χ2n) is 2.78. The molecule has 0 saturated heterocycles. The van der Waals surface area contributed by atoms with Gasteiger partial charge < -0.3 is 10.5 Å². The van der Waals surface area contributed by atoms with E-state index in [1.807, 2.05) is 18.2 Å². The molecule has 3 nitrogen and oxygen atoms in total. The fourth-order valence-electron chi connectivity index (χ4n) is 1.27. The molecule has 0 amide bonds. The molecular weight excluding hydrogens is 200 g/mol. The molecule has 14 heavy (non-hydrogen) atoms. The molecule has 1 aromatic heterocycles. The monoisotopic (exact) mass is 210 g/mol. The van der Waals surface area contributed by atoms with Crippen LogP contribution in [0.1, 0.15) is 0 Å². The standard InChI is InChI=1S/C10H10N2O.ClH/c1-13-7-2-3-10-8(6-7)9(11)4-5-12-10;/h2-6H,1H3,(H2,11,12);1H. The first-order valence-electron chi connectivity index (χ1n) is 3.99. The third-order valence-corrected chi connectivity index (χ3v) is 1.98. The molecule has 0 aliphatic heterocycles. The normalized spacial score (nSPS) is 9.50. The number of nitrogens with two attached hydrogens (primary N) is 1. The zero-order valence-electron chi connectivity index (χ0n) is 7.73. The molecule has 2 aromatic rings. The number of hydrogen-bond donors (Lipinski definition) is 1. The zero-order chi connectivity index (χ0) is 9.26. The van der Waals surface area contributed by atoms with E-state index >= 15 is 0 Å². The molecule has 0 bridgehead atoms. The van der Waals surface area contributed by atoms with Crippen molar-refractivity contribution in [3.8, 4) is 5.75 Å². The molecule has 2 N–H and O–H groups in total. The van der Waals surface area contributed by atoms with Crippen LogP contribution in [0.3, 0.4) is 0 Å². The molecule has 0 atom stereocenters. The Hall–Kier alpha value is -1.48. The number of fused-ring (bicyclic) bond motifs is 1. The van der Waals surface area contributed by atoms with E-state index in [-0.39, 0.29) is 12.4 Å². The average molecular weight is 211 g/mol. The van der Waals surface area contributed by atoms with Crippen molar-refractivity contribution >= 4 is 29.0 Å². The summed E-state index contributed by atoms with van der Waals surface area (Å²) in [6.45, 7) is 0. The molecule has 1 aromatic carbocycles. The third kappa shape index (κ3) is 1.72. The molecule has 0 aliphatic carbocycles. The van der Waals surface area contributed by atoms with Gasteiger partial charge in [0.15, 0.2) is 0 Å². The van der Waals surface area contributed by atoms with Crippen LogP contribution in [-0.2, 0) is 0 Å². The van der Waals surface area contributed by atoms with E-state index < -0.39 is 0 Å². The van der Waals surface area contributed by atoms with Gasteiger partial charge in [0.25, 0.3) is 0 Å². The Labute approximate surface area is 88.3 Å². The molecule has 4 heteroatoms. The number of rotatable bonds is 1. The van der Waals surface area contributed by atoms with E-state index in [1.165, 1.54) is 0 Å². The Morgan fingerprint density at radius 2 is 2.07 bits per heavy atom. The van der Waals surface area contributed by atoms with Crippen LogP contribution < -0.4 is 10.5 Å². The second kappa shape index (κ2) is 4.15. The quantitative estimate of drug-likeness (QED) is 0.786. The van der Waals surface area contributed by atoms with Crippen LogP contribution in [0.25, 0.3) is 10.9 Å². The molecule has 0 unspecified atom stereocenters. The molecule has 0 spiro atoms. The molecule has 2 rings (SSSR count). The molecule has 0 radical (unpaired) electrons. The first-order chi connectivity index (χ1) is 6.31. The zero-order valence-corrected chi connectivity index (χ0v) is 8.54. The maximum Gasteiger partial charge on any atom is 0.119 e. The van der Waals surface area contributed by atoms with E-state index in [0.29, 0.717) is 0 Å². The van der Waals surface area contributed by atoms with Crippen molar-refractivity contribution in [3.63, 3.8) is 0 Å². The lowest BCUT2D eigenvalue weighted by Gasteiger charge is -2.03. The van der Waals surface area contributed by atoms with Crippen LogP contribution >= 0.6 is 12.4 Å². The van der Waals surface area contributed by atoms with E-state index in [0.717, 1.165) is 22.3 Å². The van der Waals surface area contributed by atoms with Crippen LogP contribution in [-0.4, -0.2) is 12.1 Å². The van der Waals surface area contributed by atoms with Crippen molar-refractivity contribution in [2.75, 3.05) is 12.8 Å². The van der Waals surface area contributed by atoms with Crippen molar-refractivity contribution in [1.29, 1.82) is 0 Å². The van der Waals surface area contributed by atoms with Gasteiger partial charge in [0, 0.05) is 17.3 Å². The van der Waals surface area contributed by atoms with E-state index in [4.69, 9.17) is 10.5 Å². The minimum Gasteiger partial charge on any atom is -0.497 e. The summed E-state index contributed by atoms with van der Waals surface area (Å²) < 4.78 is 5.09. The van der Waals surface area contributed by atoms with Crippen molar-refractivity contribution in [2.24, 2.45) is 0 Å². The van der Waals surface area contributed by atoms with Gasteiger partial charge in [-0.25, -0.2) is 0 Å². The summed E-state index contributed by atoms with van der Waals surface area (Å²) in [5, 5.41) is 0.932. The lowest BCUT2D eigenvalue weighted by molar-refractivity contribution is 0.415. The van der Waals surface area contributed by atoms with Crippen LogP contribution in [0.2, 0.25) is 0 Å². The maximum atomic E-state index is 5.78. The summed E-state index contributed by atoms with van der Waals surface area (Å²) in [6.07, 6.45) is 1.70. The number of methoxy groups -OCH3 is 1. The highest BCUT2D eigenvalue weighted by Gasteiger charge is 1.99. The van der Waals surface area contributed by atoms with Gasteiger partial charge >= 0.3 is 0 Å². The lowest BCUT2D eigenvalue weighted by atomic mass is 10.2. The summed E-state index contributed by atoms with van der Waals surface area (Å²) in [6, 6.07) is 7.43. The van der Waals surface area contributed by atoms with Crippen LogP contribution in [0.4, 0.5) is 5.69 Å². The number of pyridine rings is 1. The molecule has 0 fully saturated rings. The van der Waals surface area contributed by atoms with Gasteiger partial charge in [0.1, 0.15) is 5.75 Å². The van der Waals surface area contributed by atoms with Gasteiger partial charge in [-0.15, -0.1) is 12.4 Å². The van der Waals surface area contributed by atoms with Gasteiger partial charge in [-0.2, -0.15) is 0 Å². The van der Waals surface area contributed by atoms with E-state index in [9.17, 15) is 0 Å². The first kappa shape index (κ1) is 10.6. The Balaban J connectivity index is 0.000000980. The summed E-state index contributed by atoms with van der Waals surface area (Å²) in [5.41, 5.74) is 7.40. The average Bonchev–Trinajstić information content (AvgIpc) is 2.18. The van der Waals surface area contributed by atoms with Crippen molar-refractivity contribution in [3.05, 3.63) is 30.5 Å². The van der Waals surface area contributed by atoms with Crippen molar-refractivity contribution < 1.29 is 4.74 Å². The number of ether oxygens (including phenoxy) is 1. The summed E-state index contributed by atoms with van der Waals surface area (Å²) >= 11 is 0. The fourth-order valence-corrected chi connectivity index (χ4v) is 1.27. The second-order valence-corrected chi connectivity index (χ2v) is 2.78. The lowest BCUT2D eigenvalue weighted by Crippen LogP contribution is -1.89. The number of aromatic nitrogens is 1. The largest absolute Gasteiger partial charge is 0.497 e. The predicted octanol–water partition coefficient (Wildman–Crippen LogP) is 2.25. The van der Waals surface area contributed by atoms with Gasteiger partial charge in [-0.05, 0) is 24.3 Å². The summed E-state index contributed by atoms with van der Waals surface area (Å²) in [7, 11) is 1.63. The SMILES string of the molecule is COc1ccc2nccc(N)c2c1.Cl. The Morgan fingerprint density at radius 1 is 1.29 bits per heavy atom. The first-order valence-corrected chi connectivity index (χ1v) is 3.99. The molecular formula is C10H11ClN2O. The van der Waals surface area contributed by atoms with E-state index in [2.05, 4.69) is 4.98 Å². The number of halogens is 1. The number of nitrogen functional groups attached to an aromatic ring is 1. The van der Waals surface area contributed by atoms with Gasteiger partial charge in [-0.1, -0.05) is 0 Å². The highest BCUT2D eigenvalue weighted by molar-refractivity contribution is 5.90. The van der Waals surface area contributed by atoms with Gasteiger partial charge in [-0.3, -0.25) is 4.98 Å². The molecule has 1 heterocycles. The van der Waals surface area contributed by atoms with Crippen molar-refractivity contribution in [1.82, 2.24) is 4.98 Å². The number of anilines is 1. The van der Waals surface area contributed by atoms with Gasteiger partial charge in [0.2, 0.25) is 0 Å². The van der Waals surface area contributed by atoms with Crippen LogP contribution in [0.5, 0.6) is 5.75 Å². The van der Waals surface area contributed by atoms with Crippen LogP contribution in [0.15, 0.2) is 30.5 Å². The predicted molar refractivity (Wildman–Crippen MR) is 60.0 cm³/mol. The van der Waals surface area contributed by atoms with Crippen molar-refractivity contribution in [2.45, 2.75) is 0 Å². The number of nitrogens with zero attached hydrogens (tertiary/aromatic N) is 1. The number of benzene rings is 1. The molecule has 74 valence electrons. The molecule has 0 saturated carbocycles. The Morgan fingerprint density at radius 3 is 2.79 bits per heavy atom. The number of hydrogen-bond acceptors (Lipinski definition) is 3. The fraction of sp³-hybridized carbons (Fsp3) is 0.100. The van der Waals surface area contributed by atoms with E-state index in [1.54, 1.807) is 19.4 Å². The Bertz CT molecular complexity index is 445. The maximum absolute atomic E-state index is 5.78. The Kier molecular flexibility index (Phi) is 3.14. The highest BCUT2D eigenvalue weighted by atomic mass is 35.5. The van der Waals surface area contributed by atoms with Gasteiger partial charge in [0.05, 0.1) is 12.6 Å². The third-order valence-electron chi connectivity index (χ3n) is 1.98. The minimum absolute atomic E-state index is 0. The topological polar surface area (TPSA) is 48.1 Å². The smallest absolute Gasteiger partial charge is 0.119 e. The molecule has 0 aliphatic rings. The van der Waals surface area contributed by atoms with Crippen LogP contribution in [0, 0.1) is 0 Å². The summed E-state index contributed by atoms with van der Waals surface area (Å²) in [5.74, 6) is 0.798.